The molecule has 0 aromatic heterocycles. The smallest absolute Gasteiger partial charge is 0.159 e. The molecular formula is C60H50O6. The summed E-state index contributed by atoms with van der Waals surface area (Å²) in [6.45, 7) is 6.10. The molecule has 0 saturated heterocycles. The van der Waals surface area contributed by atoms with Crippen LogP contribution in [0.15, 0.2) is 194 Å². The highest BCUT2D eigenvalue weighted by molar-refractivity contribution is 6.24. The number of hydrogen-bond acceptors (Lipinski definition) is 6. The Balaban J connectivity index is 0.000000124. The number of aliphatic hydroxyl groups is 1. The summed E-state index contributed by atoms with van der Waals surface area (Å²) in [5, 5.41) is 25.0. The number of ketones is 4. The van der Waals surface area contributed by atoms with Crippen LogP contribution in [0.3, 0.4) is 0 Å². The third-order valence-electron chi connectivity index (χ3n) is 11.5. The van der Waals surface area contributed by atoms with E-state index in [2.05, 4.69) is 121 Å². The van der Waals surface area contributed by atoms with E-state index >= 15 is 0 Å². The van der Waals surface area contributed by atoms with Crippen molar-refractivity contribution in [1.29, 1.82) is 0 Å². The largest absolute Gasteiger partial charge is 0.497 e. The van der Waals surface area contributed by atoms with Gasteiger partial charge >= 0.3 is 0 Å². The SMILES string of the molecule is CC(=O)c1ccc(C(C)=O)cc1.CC(=O)c1ccc(CO)cc1.COc1ccc(C(C)=O)cc1.c1cc2ccc3cccc4ccc(c1)c2c34.c1cc2ccc3cccc4ccc(c1)c2c34. The fraction of sp³-hybridized carbons (Fsp3) is 0.100. The van der Waals surface area contributed by atoms with E-state index in [4.69, 9.17) is 9.84 Å². The van der Waals surface area contributed by atoms with Gasteiger partial charge in [0.25, 0.3) is 0 Å². The molecule has 6 nitrogen and oxygen atoms in total. The van der Waals surface area contributed by atoms with Gasteiger partial charge in [-0.25, -0.2) is 0 Å². The van der Waals surface area contributed by atoms with Gasteiger partial charge < -0.3 is 9.84 Å². The first-order valence-electron chi connectivity index (χ1n) is 21.7. The van der Waals surface area contributed by atoms with Crippen LogP contribution in [0.4, 0.5) is 0 Å². The Kier molecular flexibility index (Phi) is 14.7. The number of methoxy groups -OCH3 is 1. The van der Waals surface area contributed by atoms with Crippen LogP contribution in [0.25, 0.3) is 64.6 Å². The van der Waals surface area contributed by atoms with Crippen molar-refractivity contribution in [3.8, 4) is 5.75 Å². The van der Waals surface area contributed by atoms with Crippen molar-refractivity contribution >= 4 is 87.8 Å². The summed E-state index contributed by atoms with van der Waals surface area (Å²) in [7, 11) is 1.60. The van der Waals surface area contributed by atoms with Crippen LogP contribution >= 0.6 is 0 Å². The number of aliphatic hydroxyl groups excluding tert-OH is 1. The Morgan fingerprint density at radius 2 is 0.545 bits per heavy atom. The lowest BCUT2D eigenvalue weighted by molar-refractivity contribution is 0.100. The summed E-state index contributed by atoms with van der Waals surface area (Å²) in [5.74, 6) is 0.937. The molecule has 0 atom stereocenters. The maximum absolute atomic E-state index is 10.8. The quantitative estimate of drug-likeness (QED) is 0.132. The average Bonchev–Trinajstić information content (AvgIpc) is 3.36. The van der Waals surface area contributed by atoms with Crippen molar-refractivity contribution in [2.24, 2.45) is 0 Å². The van der Waals surface area contributed by atoms with Crippen molar-refractivity contribution < 1.29 is 29.0 Å². The van der Waals surface area contributed by atoms with Crippen LogP contribution in [0.2, 0.25) is 0 Å². The summed E-state index contributed by atoms with van der Waals surface area (Å²) in [6.07, 6.45) is 0. The standard InChI is InChI=1S/2C16H10.C10H10O2.2C9H10O2/c2*1-3-11-7-9-13-5-2-6-14-10-8-12(4-1)15(11)16(13)14;1-7(11)9-3-5-10(6-4-9)8(2)12;1-7(10)8-3-5-9(11-2)6-4-8;1-7(11)9-4-2-8(6-10)3-5-9/h2*1-10H;3-6H,1-2H3;3-6H,1-2H3;2-5,10H,6H2,1H3. The molecule has 0 fully saturated rings. The van der Waals surface area contributed by atoms with Gasteiger partial charge in [0.1, 0.15) is 5.75 Å². The number of Topliss-reactive ketones (excluding diaryl/α,β-unsaturated/α-hetero) is 4. The number of carbonyl (C=O) groups is 4. The highest BCUT2D eigenvalue weighted by atomic mass is 16.5. The van der Waals surface area contributed by atoms with Gasteiger partial charge in [-0.1, -0.05) is 170 Å². The number of rotatable bonds is 6. The van der Waals surface area contributed by atoms with E-state index in [0.717, 1.165) is 11.3 Å². The molecule has 0 aliphatic rings. The van der Waals surface area contributed by atoms with E-state index in [9.17, 15) is 19.2 Å². The lowest BCUT2D eigenvalue weighted by Gasteiger charge is -2.09. The van der Waals surface area contributed by atoms with Crippen molar-refractivity contribution in [3.63, 3.8) is 0 Å². The first kappa shape index (κ1) is 45.9. The van der Waals surface area contributed by atoms with Crippen LogP contribution in [0, 0.1) is 0 Å². The predicted octanol–water partition coefficient (Wildman–Crippen LogP) is 14.5. The number of carbonyl (C=O) groups excluding carboxylic acids is 4. The summed E-state index contributed by atoms with van der Waals surface area (Å²) in [4.78, 5) is 43.3. The molecule has 0 spiro atoms. The second-order valence-electron chi connectivity index (χ2n) is 16.0. The van der Waals surface area contributed by atoms with Crippen molar-refractivity contribution in [3.05, 3.63) is 222 Å². The van der Waals surface area contributed by atoms with Crippen molar-refractivity contribution in [2.75, 3.05) is 7.11 Å². The highest BCUT2D eigenvalue weighted by Gasteiger charge is 2.08. The van der Waals surface area contributed by atoms with Gasteiger partial charge in [-0.3, -0.25) is 19.2 Å². The second kappa shape index (κ2) is 21.1. The molecule has 1 N–H and O–H groups in total. The van der Waals surface area contributed by atoms with Crippen molar-refractivity contribution in [1.82, 2.24) is 0 Å². The van der Waals surface area contributed by atoms with Gasteiger partial charge in [-0.2, -0.15) is 0 Å². The maximum Gasteiger partial charge on any atom is 0.159 e. The summed E-state index contributed by atoms with van der Waals surface area (Å²) < 4.78 is 4.94. The summed E-state index contributed by atoms with van der Waals surface area (Å²) in [5.41, 5.74) is 3.50. The Hall–Kier alpha value is -8.06. The van der Waals surface area contributed by atoms with Crippen molar-refractivity contribution in [2.45, 2.75) is 34.3 Å². The Morgan fingerprint density at radius 3 is 0.742 bits per heavy atom. The molecular weight excluding hydrogens is 817 g/mol. The van der Waals surface area contributed by atoms with E-state index in [1.807, 2.05) is 0 Å². The molecule has 0 unspecified atom stereocenters. The zero-order valence-corrected chi connectivity index (χ0v) is 37.7. The van der Waals surface area contributed by atoms with Crippen LogP contribution in [0.1, 0.15) is 74.7 Å². The number of hydrogen-bond donors (Lipinski definition) is 1. The summed E-state index contributed by atoms with van der Waals surface area (Å²) in [6, 6.07) is 64.4. The Labute approximate surface area is 384 Å². The van der Waals surface area contributed by atoms with Gasteiger partial charge in [-0.15, -0.1) is 0 Å². The summed E-state index contributed by atoms with van der Waals surface area (Å²) >= 11 is 0. The third kappa shape index (κ3) is 10.6. The van der Waals surface area contributed by atoms with Crippen LogP contribution in [-0.4, -0.2) is 35.3 Å². The Bertz CT molecular complexity index is 2930. The van der Waals surface area contributed by atoms with Crippen LogP contribution < -0.4 is 4.74 Å². The zero-order valence-electron chi connectivity index (χ0n) is 37.7. The van der Waals surface area contributed by atoms with Crippen LogP contribution in [-0.2, 0) is 6.61 Å². The molecule has 11 aromatic carbocycles. The topological polar surface area (TPSA) is 97.7 Å². The minimum absolute atomic E-state index is 0.0186. The molecule has 11 aromatic rings. The van der Waals surface area contributed by atoms with E-state index in [1.165, 1.54) is 85.4 Å². The van der Waals surface area contributed by atoms with E-state index in [-0.39, 0.29) is 29.7 Å². The molecule has 0 saturated carbocycles. The number of ether oxygens (including phenoxy) is 1. The normalized spacial score (nSPS) is 10.6. The average molecular weight is 867 g/mol. The third-order valence-corrected chi connectivity index (χ3v) is 11.5. The van der Waals surface area contributed by atoms with Gasteiger partial charge in [0, 0.05) is 22.3 Å². The zero-order chi connectivity index (χ0) is 46.7. The molecule has 0 bridgehead atoms. The Morgan fingerprint density at radius 1 is 0.333 bits per heavy atom. The fourth-order valence-corrected chi connectivity index (χ4v) is 7.95. The molecule has 0 amide bonds. The van der Waals surface area contributed by atoms with Gasteiger partial charge in [0.2, 0.25) is 0 Å². The molecule has 11 rings (SSSR count). The first-order valence-corrected chi connectivity index (χ1v) is 21.7. The minimum Gasteiger partial charge on any atom is -0.497 e. The monoisotopic (exact) mass is 866 g/mol. The predicted molar refractivity (Wildman–Crippen MR) is 272 cm³/mol. The first-order chi connectivity index (χ1) is 31.9. The van der Waals surface area contributed by atoms with Gasteiger partial charge in [-0.05, 0) is 122 Å². The highest BCUT2D eigenvalue weighted by Crippen LogP contribution is 2.35. The fourth-order valence-electron chi connectivity index (χ4n) is 7.95. The lowest BCUT2D eigenvalue weighted by atomic mass is 9.95. The maximum atomic E-state index is 10.8. The van der Waals surface area contributed by atoms with E-state index < -0.39 is 0 Å². The molecule has 0 aliphatic heterocycles. The van der Waals surface area contributed by atoms with Crippen LogP contribution in [0.5, 0.6) is 5.75 Å². The molecule has 0 heterocycles. The second-order valence-corrected chi connectivity index (χ2v) is 16.0. The van der Waals surface area contributed by atoms with E-state index in [1.54, 1.807) is 86.8 Å². The lowest BCUT2D eigenvalue weighted by Crippen LogP contribution is -1.95. The van der Waals surface area contributed by atoms with E-state index in [0.29, 0.717) is 22.3 Å². The minimum atomic E-state index is 0.0186. The molecule has 6 heteroatoms. The molecule has 0 radical (unpaired) electrons. The molecule has 0 aliphatic carbocycles. The molecule has 326 valence electrons. The molecule has 66 heavy (non-hydrogen) atoms. The van der Waals surface area contributed by atoms with Gasteiger partial charge in [0.15, 0.2) is 23.1 Å². The van der Waals surface area contributed by atoms with Gasteiger partial charge in [0.05, 0.1) is 13.7 Å². The number of benzene rings is 11.